The number of para-hydroxylation sites is 1. The zero-order chi connectivity index (χ0) is 34.8. The number of amides is 4. The van der Waals surface area contributed by atoms with Gasteiger partial charge in [0.1, 0.15) is 23.4 Å². The number of carbonyl (C=O) groups excluding carboxylic acids is 3. The van der Waals surface area contributed by atoms with Gasteiger partial charge in [-0.3, -0.25) is 9.59 Å². The highest BCUT2D eigenvalue weighted by molar-refractivity contribution is 5.87. The number of nitrogens with zero attached hydrogens (tertiary/aromatic N) is 1. The van der Waals surface area contributed by atoms with E-state index in [4.69, 9.17) is 4.74 Å². The monoisotopic (exact) mass is 664 g/mol. The van der Waals surface area contributed by atoms with Crippen LogP contribution >= 0.6 is 0 Å². The summed E-state index contributed by atoms with van der Waals surface area (Å²) in [5.74, 6) is -1.24. The van der Waals surface area contributed by atoms with E-state index in [9.17, 15) is 28.3 Å². The van der Waals surface area contributed by atoms with E-state index in [0.29, 0.717) is 30.8 Å². The van der Waals surface area contributed by atoms with Crippen molar-refractivity contribution in [3.63, 3.8) is 0 Å². The molecule has 4 N–H and O–H groups in total. The molecule has 258 valence electrons. The number of hydrogen-bond acceptors (Lipinski definition) is 5. The Kier molecular flexibility index (Phi) is 12.9. The number of rotatable bonds is 15. The number of benzene rings is 3. The smallest absolute Gasteiger partial charge is 0.318 e. The van der Waals surface area contributed by atoms with E-state index < -0.39 is 41.8 Å². The fraction of sp³-hybridized carbons (Fsp3) is 0.432. The van der Waals surface area contributed by atoms with E-state index in [0.717, 1.165) is 16.7 Å². The van der Waals surface area contributed by atoms with Crippen LogP contribution in [0.25, 0.3) is 0 Å². The molecule has 3 aromatic carbocycles. The van der Waals surface area contributed by atoms with Crippen molar-refractivity contribution >= 4 is 17.8 Å². The van der Waals surface area contributed by atoms with E-state index in [1.165, 1.54) is 29.2 Å². The summed E-state index contributed by atoms with van der Waals surface area (Å²) >= 11 is 0. The molecule has 1 heterocycles. The third kappa shape index (κ3) is 10.2. The first-order chi connectivity index (χ1) is 22.9. The molecule has 0 aromatic heterocycles. The van der Waals surface area contributed by atoms with Crippen molar-refractivity contribution in [2.24, 2.45) is 5.92 Å². The van der Waals surface area contributed by atoms with Crippen LogP contribution in [0.3, 0.4) is 0 Å². The van der Waals surface area contributed by atoms with Gasteiger partial charge < -0.3 is 30.7 Å². The van der Waals surface area contributed by atoms with Crippen LogP contribution in [0.2, 0.25) is 0 Å². The minimum Gasteiger partial charge on any atom is -0.483 e. The molecule has 1 fully saturated rings. The van der Waals surface area contributed by atoms with Gasteiger partial charge in [0.05, 0.1) is 12.1 Å². The summed E-state index contributed by atoms with van der Waals surface area (Å²) in [4.78, 5) is 41.2. The second-order valence-corrected chi connectivity index (χ2v) is 12.8. The summed E-state index contributed by atoms with van der Waals surface area (Å²) in [5.41, 5.74) is 3.18. The zero-order valence-electron chi connectivity index (χ0n) is 28.0. The maximum absolute atomic E-state index is 13.8. The minimum absolute atomic E-state index is 0.0179. The Balaban J connectivity index is 1.55. The molecule has 0 aliphatic carbocycles. The Morgan fingerprint density at radius 2 is 1.50 bits per heavy atom. The highest BCUT2D eigenvalue weighted by Gasteiger charge is 2.35. The average Bonchev–Trinajstić information content (AvgIpc) is 3.03. The molecule has 0 radical (unpaired) electrons. The molecule has 4 atom stereocenters. The number of aliphatic hydroxyl groups is 1. The van der Waals surface area contributed by atoms with Crippen molar-refractivity contribution in [3.8, 4) is 5.75 Å². The Labute approximate surface area is 281 Å². The van der Waals surface area contributed by atoms with Crippen molar-refractivity contribution < 1.29 is 33.0 Å². The lowest BCUT2D eigenvalue weighted by Crippen LogP contribution is -2.59. The molecule has 0 bridgehead atoms. The summed E-state index contributed by atoms with van der Waals surface area (Å²) in [5, 5.41) is 20.4. The third-order valence-electron chi connectivity index (χ3n) is 8.55. The molecular weight excluding hydrogens is 618 g/mol. The van der Waals surface area contributed by atoms with Gasteiger partial charge in [0.25, 0.3) is 5.91 Å². The van der Waals surface area contributed by atoms with Crippen LogP contribution in [-0.2, 0) is 22.4 Å². The van der Waals surface area contributed by atoms with Gasteiger partial charge >= 0.3 is 6.03 Å². The molecule has 4 amide bonds. The second kappa shape index (κ2) is 17.1. The summed E-state index contributed by atoms with van der Waals surface area (Å²) in [6, 6.07) is 14.8. The molecule has 9 nitrogen and oxygen atoms in total. The van der Waals surface area contributed by atoms with Gasteiger partial charge in [0.15, 0.2) is 6.61 Å². The quantitative estimate of drug-likeness (QED) is 0.189. The van der Waals surface area contributed by atoms with E-state index in [1.54, 1.807) is 24.3 Å². The molecule has 3 aromatic rings. The molecular formula is C37H46F2N4O5. The molecule has 4 unspecified atom stereocenters. The number of carbonyl (C=O) groups is 3. The zero-order valence-corrected chi connectivity index (χ0v) is 28.0. The Morgan fingerprint density at radius 1 is 0.917 bits per heavy atom. The van der Waals surface area contributed by atoms with Crippen molar-refractivity contribution in [2.75, 3.05) is 19.7 Å². The van der Waals surface area contributed by atoms with Crippen LogP contribution in [0.15, 0.2) is 66.7 Å². The van der Waals surface area contributed by atoms with Gasteiger partial charge in [-0.1, -0.05) is 56.3 Å². The lowest BCUT2D eigenvalue weighted by Gasteiger charge is -2.37. The predicted molar refractivity (Wildman–Crippen MR) is 179 cm³/mol. The Hall–Kier alpha value is -4.51. The summed E-state index contributed by atoms with van der Waals surface area (Å²) in [6.07, 6.45) is -0.00803. The molecule has 0 saturated carbocycles. The highest BCUT2D eigenvalue weighted by atomic mass is 19.1. The van der Waals surface area contributed by atoms with Gasteiger partial charge in [0.2, 0.25) is 5.91 Å². The normalized spacial score (nSPS) is 15.7. The van der Waals surface area contributed by atoms with Gasteiger partial charge in [-0.05, 0) is 92.0 Å². The van der Waals surface area contributed by atoms with Crippen LogP contribution in [0, 0.1) is 31.4 Å². The van der Waals surface area contributed by atoms with Crippen molar-refractivity contribution in [1.82, 2.24) is 20.9 Å². The summed E-state index contributed by atoms with van der Waals surface area (Å²) in [7, 11) is 0. The van der Waals surface area contributed by atoms with Gasteiger partial charge in [-0.15, -0.1) is 0 Å². The number of ether oxygens (including phenoxy) is 1. The largest absolute Gasteiger partial charge is 0.483 e. The first-order valence-corrected chi connectivity index (χ1v) is 16.4. The van der Waals surface area contributed by atoms with Crippen LogP contribution in [0.4, 0.5) is 13.6 Å². The molecule has 4 rings (SSSR count). The lowest BCUT2D eigenvalue weighted by molar-refractivity contribution is -0.128. The lowest BCUT2D eigenvalue weighted by atomic mass is 9.92. The Bertz CT molecular complexity index is 1510. The van der Waals surface area contributed by atoms with Crippen LogP contribution in [0.5, 0.6) is 5.75 Å². The fourth-order valence-corrected chi connectivity index (χ4v) is 6.13. The van der Waals surface area contributed by atoms with Crippen molar-refractivity contribution in [2.45, 2.75) is 77.6 Å². The topological polar surface area (TPSA) is 120 Å². The Morgan fingerprint density at radius 3 is 2.06 bits per heavy atom. The maximum atomic E-state index is 13.8. The standard InChI is InChI=1S/C37H46F2N4O5/c1-23(2)34(43-18-6-17-40-37(43)47)36(46)41-30(19-26-9-13-28(38)14-10-26)21-32(44)31(20-27-11-15-29(39)16-12-27)42-33(45)22-48-35-24(3)7-5-8-25(35)4/h5,7-16,23,30-32,34,44H,6,17-22H2,1-4H3,(H,40,47)(H,41,46)(H,42,45). The summed E-state index contributed by atoms with van der Waals surface area (Å²) in [6.45, 7) is 8.19. The summed E-state index contributed by atoms with van der Waals surface area (Å²) < 4.78 is 33.3. The number of aryl methyl sites for hydroxylation is 2. The third-order valence-corrected chi connectivity index (χ3v) is 8.55. The van der Waals surface area contributed by atoms with Crippen molar-refractivity contribution in [3.05, 3.63) is 101 Å². The second-order valence-electron chi connectivity index (χ2n) is 12.8. The molecule has 0 spiro atoms. The number of aliphatic hydroxyl groups excluding tert-OH is 1. The van der Waals surface area contributed by atoms with Crippen LogP contribution in [-0.4, -0.2) is 71.8 Å². The van der Waals surface area contributed by atoms with Crippen LogP contribution in [0.1, 0.15) is 48.9 Å². The van der Waals surface area contributed by atoms with Gasteiger partial charge in [-0.2, -0.15) is 0 Å². The first kappa shape index (κ1) is 36.3. The molecule has 1 saturated heterocycles. The van der Waals surface area contributed by atoms with Crippen LogP contribution < -0.4 is 20.7 Å². The molecule has 1 aliphatic rings. The average molecular weight is 665 g/mol. The molecule has 11 heteroatoms. The number of halogens is 2. The van der Waals surface area contributed by atoms with E-state index >= 15 is 0 Å². The number of urea groups is 1. The highest BCUT2D eigenvalue weighted by Crippen LogP contribution is 2.23. The fourth-order valence-electron chi connectivity index (χ4n) is 6.13. The molecule has 48 heavy (non-hydrogen) atoms. The van der Waals surface area contributed by atoms with Gasteiger partial charge in [-0.25, -0.2) is 13.6 Å². The van der Waals surface area contributed by atoms with E-state index in [-0.39, 0.29) is 43.7 Å². The predicted octanol–water partition coefficient (Wildman–Crippen LogP) is 4.61. The maximum Gasteiger partial charge on any atom is 0.318 e. The number of nitrogens with one attached hydrogen (secondary N) is 3. The first-order valence-electron chi connectivity index (χ1n) is 16.4. The number of hydrogen-bond donors (Lipinski definition) is 4. The van der Waals surface area contributed by atoms with E-state index in [1.807, 2.05) is 45.9 Å². The molecule has 1 aliphatic heterocycles. The van der Waals surface area contributed by atoms with E-state index in [2.05, 4.69) is 16.0 Å². The van der Waals surface area contributed by atoms with Gasteiger partial charge in [0, 0.05) is 19.1 Å². The van der Waals surface area contributed by atoms with Crippen molar-refractivity contribution in [1.29, 1.82) is 0 Å². The SMILES string of the molecule is Cc1cccc(C)c1OCC(=O)NC(Cc1ccc(F)cc1)C(O)CC(Cc1ccc(F)cc1)NC(=O)C(C(C)C)N1CCCNC1=O. The minimum atomic E-state index is -1.17.